The minimum Gasteiger partial charge on any atom is -0.375 e. The Hall–Kier alpha value is -2.42. The second-order valence-electron chi connectivity index (χ2n) is 8.12. The largest absolute Gasteiger partial charge is 0.375 e. The highest BCUT2D eigenvalue weighted by Gasteiger charge is 2.29. The van der Waals surface area contributed by atoms with Gasteiger partial charge in [0, 0.05) is 31.9 Å². The van der Waals surface area contributed by atoms with Crippen molar-refractivity contribution in [2.45, 2.75) is 43.0 Å². The summed E-state index contributed by atoms with van der Waals surface area (Å²) in [5.74, 6) is -0.325. The first kappa shape index (κ1) is 21.8. The highest BCUT2D eigenvalue weighted by Crippen LogP contribution is 2.34. The van der Waals surface area contributed by atoms with Crippen LogP contribution >= 0.6 is 0 Å². The topological polar surface area (TPSA) is 87.7 Å². The number of nitrogens with zero attached hydrogens (tertiary/aromatic N) is 1. The van der Waals surface area contributed by atoms with Crippen LogP contribution in [0.15, 0.2) is 47.4 Å². The van der Waals surface area contributed by atoms with Gasteiger partial charge in [0.05, 0.1) is 5.69 Å². The fraction of sp³-hybridized carbons (Fsp3) is 0.435. The van der Waals surface area contributed by atoms with Gasteiger partial charge in [-0.1, -0.05) is 24.3 Å². The Morgan fingerprint density at radius 2 is 1.90 bits per heavy atom. The summed E-state index contributed by atoms with van der Waals surface area (Å²) in [4.78, 5) is 14.3. The lowest BCUT2D eigenvalue weighted by molar-refractivity contribution is -0.119. The first-order chi connectivity index (χ1) is 15.0. The average molecular weight is 444 g/mol. The number of methoxy groups -OCH3 is 1. The Morgan fingerprint density at radius 3 is 2.68 bits per heavy atom. The number of hydrogen-bond acceptors (Lipinski definition) is 5. The van der Waals surface area contributed by atoms with Crippen LogP contribution in [0.3, 0.4) is 0 Å². The number of hydrogen-bond donors (Lipinski definition) is 2. The maximum absolute atomic E-state index is 13.6. The lowest BCUT2D eigenvalue weighted by Gasteiger charge is -2.28. The number of carbonyl (C=O) groups is 1. The van der Waals surface area contributed by atoms with E-state index in [9.17, 15) is 13.2 Å². The number of nitrogens with one attached hydrogen (secondary N) is 2. The number of aryl methyl sites for hydroxylation is 1. The molecule has 4 rings (SSSR count). The Morgan fingerprint density at radius 1 is 1.13 bits per heavy atom. The number of rotatable bonds is 7. The van der Waals surface area contributed by atoms with Crippen molar-refractivity contribution in [3.8, 4) is 0 Å². The number of amides is 1. The maximum atomic E-state index is 13.6. The van der Waals surface area contributed by atoms with Gasteiger partial charge in [-0.2, -0.15) is 0 Å². The van der Waals surface area contributed by atoms with Crippen molar-refractivity contribution in [3.63, 3.8) is 0 Å². The first-order valence-corrected chi connectivity index (χ1v) is 12.2. The van der Waals surface area contributed by atoms with Gasteiger partial charge < -0.3 is 15.0 Å². The molecule has 1 fully saturated rings. The van der Waals surface area contributed by atoms with Gasteiger partial charge in [0.15, 0.2) is 0 Å². The number of benzene rings is 2. The molecule has 1 amide bonds. The quantitative estimate of drug-likeness (QED) is 0.686. The number of fused-ring (bicyclic) bond motifs is 1. The molecule has 0 saturated carbocycles. The average Bonchev–Trinajstić information content (AvgIpc) is 3.29. The van der Waals surface area contributed by atoms with E-state index in [1.165, 1.54) is 12.7 Å². The molecule has 0 unspecified atom stereocenters. The molecule has 8 heteroatoms. The van der Waals surface area contributed by atoms with Crippen LogP contribution in [0.2, 0.25) is 0 Å². The van der Waals surface area contributed by atoms with Crippen LogP contribution in [0.5, 0.6) is 0 Å². The SMILES string of the molecule is COCC(=O)Nc1ccc(N2CCCC2)c(S(=O)(=O)N[C@@H]2CCCc3ccccc32)c1. The highest BCUT2D eigenvalue weighted by atomic mass is 32.2. The molecule has 1 aliphatic heterocycles. The van der Waals surface area contributed by atoms with E-state index >= 15 is 0 Å². The van der Waals surface area contributed by atoms with Crippen LogP contribution in [0, 0.1) is 0 Å². The van der Waals surface area contributed by atoms with Crippen LogP contribution in [-0.4, -0.2) is 41.1 Å². The standard InChI is InChI=1S/C23H29N3O4S/c1-30-16-23(27)24-18-11-12-21(26-13-4-5-14-26)22(15-18)31(28,29)25-20-10-6-8-17-7-2-3-9-19(17)20/h2-3,7,9,11-12,15,20,25H,4-6,8,10,13-14,16H2,1H3,(H,24,27)/t20-/m1/s1. The van der Waals surface area contributed by atoms with Crippen LogP contribution in [0.25, 0.3) is 0 Å². The van der Waals surface area contributed by atoms with Gasteiger partial charge in [-0.3, -0.25) is 4.79 Å². The van der Waals surface area contributed by atoms with Crippen LogP contribution in [-0.2, 0) is 26.0 Å². The predicted octanol–water partition coefficient (Wildman–Crippen LogP) is 3.23. The fourth-order valence-electron chi connectivity index (χ4n) is 4.48. The minimum atomic E-state index is -3.82. The molecule has 2 N–H and O–H groups in total. The number of sulfonamides is 1. The first-order valence-electron chi connectivity index (χ1n) is 10.8. The van der Waals surface area contributed by atoms with Gasteiger partial charge in [-0.15, -0.1) is 0 Å². The Kier molecular flexibility index (Phi) is 6.60. The van der Waals surface area contributed by atoms with Gasteiger partial charge >= 0.3 is 0 Å². The molecule has 2 aromatic carbocycles. The lowest BCUT2D eigenvalue weighted by atomic mass is 9.88. The van der Waals surface area contributed by atoms with Gasteiger partial charge in [-0.05, 0) is 61.4 Å². The zero-order valence-electron chi connectivity index (χ0n) is 17.8. The molecule has 166 valence electrons. The lowest BCUT2D eigenvalue weighted by Crippen LogP contribution is -2.32. The van der Waals surface area contributed by atoms with E-state index in [0.29, 0.717) is 11.4 Å². The molecule has 0 bridgehead atoms. The molecule has 2 aromatic rings. The van der Waals surface area contributed by atoms with Crippen molar-refractivity contribution in [2.75, 3.05) is 37.0 Å². The number of ether oxygens (including phenoxy) is 1. The second-order valence-corrected chi connectivity index (χ2v) is 9.81. The number of carbonyl (C=O) groups excluding carboxylic acids is 1. The van der Waals surface area contributed by atoms with E-state index in [1.807, 2.05) is 18.2 Å². The Bertz CT molecular complexity index is 1050. The Balaban J connectivity index is 1.67. The second kappa shape index (κ2) is 9.38. The maximum Gasteiger partial charge on any atom is 0.250 e. The summed E-state index contributed by atoms with van der Waals surface area (Å²) in [6.07, 6.45) is 4.74. The van der Waals surface area contributed by atoms with Gasteiger partial charge in [0.2, 0.25) is 15.9 Å². The molecule has 1 aliphatic carbocycles. The molecule has 31 heavy (non-hydrogen) atoms. The summed E-state index contributed by atoms with van der Waals surface area (Å²) in [5.41, 5.74) is 3.36. The van der Waals surface area contributed by atoms with E-state index in [-0.39, 0.29) is 23.5 Å². The van der Waals surface area contributed by atoms with Crippen molar-refractivity contribution in [1.29, 1.82) is 0 Å². The van der Waals surface area contributed by atoms with Crippen molar-refractivity contribution >= 4 is 27.3 Å². The van der Waals surface area contributed by atoms with E-state index in [1.54, 1.807) is 18.2 Å². The Labute approximate surface area is 183 Å². The number of anilines is 2. The summed E-state index contributed by atoms with van der Waals surface area (Å²) in [6.45, 7) is 1.56. The normalized spacial score (nSPS) is 18.6. The van der Waals surface area contributed by atoms with Crippen molar-refractivity contribution in [3.05, 3.63) is 53.6 Å². The van der Waals surface area contributed by atoms with E-state index in [4.69, 9.17) is 4.74 Å². The van der Waals surface area contributed by atoms with E-state index in [2.05, 4.69) is 21.0 Å². The molecule has 0 aromatic heterocycles. The van der Waals surface area contributed by atoms with Gasteiger partial charge in [-0.25, -0.2) is 13.1 Å². The zero-order valence-corrected chi connectivity index (χ0v) is 18.6. The molecule has 1 saturated heterocycles. The molecular formula is C23H29N3O4S. The van der Waals surface area contributed by atoms with Crippen LogP contribution in [0.1, 0.15) is 42.9 Å². The summed E-state index contributed by atoms with van der Waals surface area (Å²) in [7, 11) is -2.37. The van der Waals surface area contributed by atoms with Crippen molar-refractivity contribution in [2.24, 2.45) is 0 Å². The third-order valence-corrected chi connectivity index (χ3v) is 7.42. The summed E-state index contributed by atoms with van der Waals surface area (Å²) < 4.78 is 35.0. The molecule has 1 atom stereocenters. The van der Waals surface area contributed by atoms with Crippen LogP contribution < -0.4 is 14.9 Å². The smallest absolute Gasteiger partial charge is 0.250 e. The third kappa shape index (κ3) is 4.92. The molecule has 0 radical (unpaired) electrons. The van der Waals surface area contributed by atoms with Gasteiger partial charge in [0.1, 0.15) is 11.5 Å². The van der Waals surface area contributed by atoms with Gasteiger partial charge in [0.25, 0.3) is 0 Å². The molecule has 2 aliphatic rings. The van der Waals surface area contributed by atoms with Crippen molar-refractivity contribution < 1.29 is 17.9 Å². The molecule has 7 nitrogen and oxygen atoms in total. The van der Waals surface area contributed by atoms with Crippen molar-refractivity contribution in [1.82, 2.24) is 4.72 Å². The third-order valence-electron chi connectivity index (χ3n) is 5.92. The molecular weight excluding hydrogens is 414 g/mol. The summed E-state index contributed by atoms with van der Waals surface area (Å²) in [6, 6.07) is 12.8. The minimum absolute atomic E-state index is 0.0902. The monoisotopic (exact) mass is 443 g/mol. The van der Waals surface area contributed by atoms with E-state index in [0.717, 1.165) is 50.8 Å². The molecule has 1 heterocycles. The van der Waals surface area contributed by atoms with E-state index < -0.39 is 10.0 Å². The van der Waals surface area contributed by atoms with Crippen LogP contribution in [0.4, 0.5) is 11.4 Å². The fourth-order valence-corrected chi connectivity index (χ4v) is 5.98. The predicted molar refractivity (Wildman–Crippen MR) is 121 cm³/mol. The summed E-state index contributed by atoms with van der Waals surface area (Å²) >= 11 is 0. The molecule has 0 spiro atoms. The zero-order chi connectivity index (χ0) is 21.8. The summed E-state index contributed by atoms with van der Waals surface area (Å²) in [5, 5.41) is 2.72. The highest BCUT2D eigenvalue weighted by molar-refractivity contribution is 7.89.